The lowest BCUT2D eigenvalue weighted by Crippen LogP contribution is -2.09. The number of hydrogen-bond acceptors (Lipinski definition) is 4. The molecule has 1 N–H and O–H groups in total. The highest BCUT2D eigenvalue weighted by atomic mass is 19.1. The average molecular weight is 276 g/mol. The summed E-state index contributed by atoms with van der Waals surface area (Å²) in [6, 6.07) is 4.25. The van der Waals surface area contributed by atoms with Gasteiger partial charge in [0.2, 0.25) is 0 Å². The quantitative estimate of drug-likeness (QED) is 0.853. The van der Waals surface area contributed by atoms with Crippen molar-refractivity contribution in [1.82, 2.24) is 10.2 Å². The summed E-state index contributed by atoms with van der Waals surface area (Å²) in [5.41, 5.74) is 2.99. The van der Waals surface area contributed by atoms with Gasteiger partial charge in [-0.25, -0.2) is 9.18 Å². The van der Waals surface area contributed by atoms with Gasteiger partial charge in [-0.1, -0.05) is 0 Å². The van der Waals surface area contributed by atoms with Gasteiger partial charge in [0.05, 0.1) is 37.3 Å². The first-order valence-electron chi connectivity index (χ1n) is 6.23. The molecule has 0 unspecified atom stereocenters. The minimum atomic E-state index is -0.562. The van der Waals surface area contributed by atoms with Gasteiger partial charge in [0.1, 0.15) is 5.82 Å². The van der Waals surface area contributed by atoms with Crippen molar-refractivity contribution in [2.24, 2.45) is 0 Å². The van der Waals surface area contributed by atoms with Crippen LogP contribution in [0.2, 0.25) is 0 Å². The predicted molar refractivity (Wildman–Crippen MR) is 68.7 cm³/mol. The number of H-pyrrole nitrogens is 1. The highest BCUT2D eigenvalue weighted by Crippen LogP contribution is 2.29. The Morgan fingerprint density at radius 3 is 3.10 bits per heavy atom. The van der Waals surface area contributed by atoms with E-state index < -0.39 is 11.8 Å². The van der Waals surface area contributed by atoms with E-state index in [9.17, 15) is 9.18 Å². The molecule has 0 saturated heterocycles. The summed E-state index contributed by atoms with van der Waals surface area (Å²) < 4.78 is 24.1. The normalized spacial score (nSPS) is 13.9. The number of carbonyl (C=O) groups is 1. The molecule has 1 aliphatic heterocycles. The largest absolute Gasteiger partial charge is 0.465 e. The second kappa shape index (κ2) is 5.05. The molecule has 0 amide bonds. The summed E-state index contributed by atoms with van der Waals surface area (Å²) in [4.78, 5) is 11.4. The second-order valence-electron chi connectivity index (χ2n) is 4.52. The molecule has 104 valence electrons. The van der Waals surface area contributed by atoms with Gasteiger partial charge < -0.3 is 9.47 Å². The van der Waals surface area contributed by atoms with Crippen LogP contribution >= 0.6 is 0 Å². The molecule has 0 fully saturated rings. The number of benzene rings is 1. The molecule has 3 rings (SSSR count). The van der Waals surface area contributed by atoms with Gasteiger partial charge in [-0.15, -0.1) is 0 Å². The lowest BCUT2D eigenvalue weighted by Gasteiger charge is -2.12. The first kappa shape index (κ1) is 12.8. The van der Waals surface area contributed by atoms with Gasteiger partial charge in [0, 0.05) is 11.1 Å². The number of hydrogen-bond donors (Lipinski definition) is 1. The van der Waals surface area contributed by atoms with Crippen LogP contribution in [0.5, 0.6) is 0 Å². The van der Waals surface area contributed by atoms with Crippen molar-refractivity contribution >= 4 is 5.97 Å². The van der Waals surface area contributed by atoms with Crippen LogP contribution in [-0.2, 0) is 22.5 Å². The summed E-state index contributed by atoms with van der Waals surface area (Å²) in [6.07, 6.45) is 0.694. The molecule has 0 bridgehead atoms. The Morgan fingerprint density at radius 2 is 2.35 bits per heavy atom. The van der Waals surface area contributed by atoms with Crippen LogP contribution in [0, 0.1) is 5.82 Å². The third-order valence-electron chi connectivity index (χ3n) is 3.34. The number of fused-ring (bicyclic) bond motifs is 1. The van der Waals surface area contributed by atoms with Gasteiger partial charge in [0.15, 0.2) is 0 Å². The predicted octanol–water partition coefficient (Wildman–Crippen LogP) is 2.08. The zero-order valence-corrected chi connectivity index (χ0v) is 10.9. The molecule has 0 atom stereocenters. The number of aromatic amines is 1. The number of ether oxygens (including phenoxy) is 2. The summed E-state index contributed by atoms with van der Waals surface area (Å²) in [5.74, 6) is -1.05. The fourth-order valence-electron chi connectivity index (χ4n) is 2.31. The third-order valence-corrected chi connectivity index (χ3v) is 3.34. The Labute approximate surface area is 114 Å². The fraction of sp³-hybridized carbons (Fsp3) is 0.286. The number of carbonyl (C=O) groups excluding carboxylic acids is 1. The van der Waals surface area contributed by atoms with E-state index in [1.807, 2.05) is 0 Å². The minimum absolute atomic E-state index is 0.182. The number of aromatic nitrogens is 2. The average Bonchev–Trinajstić information content (AvgIpc) is 2.90. The van der Waals surface area contributed by atoms with E-state index in [0.29, 0.717) is 30.9 Å². The third kappa shape index (κ3) is 2.08. The Morgan fingerprint density at radius 1 is 1.50 bits per heavy atom. The van der Waals surface area contributed by atoms with Crippen molar-refractivity contribution in [1.29, 1.82) is 0 Å². The molecule has 1 aliphatic rings. The van der Waals surface area contributed by atoms with E-state index in [-0.39, 0.29) is 5.56 Å². The van der Waals surface area contributed by atoms with Crippen molar-refractivity contribution in [3.63, 3.8) is 0 Å². The second-order valence-corrected chi connectivity index (χ2v) is 4.52. The van der Waals surface area contributed by atoms with Crippen molar-refractivity contribution in [2.75, 3.05) is 13.7 Å². The van der Waals surface area contributed by atoms with E-state index in [4.69, 9.17) is 4.74 Å². The Kier molecular flexibility index (Phi) is 3.23. The highest BCUT2D eigenvalue weighted by Gasteiger charge is 2.21. The topological polar surface area (TPSA) is 64.2 Å². The molecular weight excluding hydrogens is 263 g/mol. The van der Waals surface area contributed by atoms with Crippen LogP contribution in [-0.4, -0.2) is 29.9 Å². The highest BCUT2D eigenvalue weighted by molar-refractivity contribution is 5.90. The zero-order valence-electron chi connectivity index (χ0n) is 10.9. The number of nitrogens with one attached hydrogen (secondary N) is 1. The maximum Gasteiger partial charge on any atom is 0.337 e. The lowest BCUT2D eigenvalue weighted by molar-refractivity contribution is 0.0600. The van der Waals surface area contributed by atoms with Crippen LogP contribution in [0.25, 0.3) is 11.3 Å². The molecule has 1 aromatic heterocycles. The number of esters is 1. The van der Waals surface area contributed by atoms with Crippen LogP contribution in [0.4, 0.5) is 4.39 Å². The molecule has 5 nitrogen and oxygen atoms in total. The summed E-state index contributed by atoms with van der Waals surface area (Å²) in [6.45, 7) is 1.06. The molecule has 2 heterocycles. The van der Waals surface area contributed by atoms with Crippen molar-refractivity contribution in [3.8, 4) is 11.3 Å². The molecule has 0 saturated carbocycles. The molecule has 20 heavy (non-hydrogen) atoms. The summed E-state index contributed by atoms with van der Waals surface area (Å²) in [7, 11) is 1.26. The first-order valence-corrected chi connectivity index (χ1v) is 6.23. The molecular formula is C14H13FN2O3. The fourth-order valence-corrected chi connectivity index (χ4v) is 2.31. The van der Waals surface area contributed by atoms with Crippen LogP contribution < -0.4 is 0 Å². The van der Waals surface area contributed by atoms with Gasteiger partial charge in [0.25, 0.3) is 0 Å². The molecule has 2 aromatic rings. The number of methoxy groups -OCH3 is 1. The van der Waals surface area contributed by atoms with Crippen molar-refractivity contribution in [3.05, 3.63) is 40.8 Å². The Bertz CT molecular complexity index is 666. The number of nitrogens with zero attached hydrogens (tertiary/aromatic N) is 1. The summed E-state index contributed by atoms with van der Waals surface area (Å²) >= 11 is 0. The van der Waals surface area contributed by atoms with Gasteiger partial charge in [-0.3, -0.25) is 5.10 Å². The van der Waals surface area contributed by atoms with Crippen LogP contribution in [0.1, 0.15) is 21.6 Å². The number of halogens is 1. The first-order chi connectivity index (χ1) is 9.70. The summed E-state index contributed by atoms with van der Waals surface area (Å²) in [5, 5.41) is 7.03. The molecule has 6 heteroatoms. The van der Waals surface area contributed by atoms with Crippen LogP contribution in [0.3, 0.4) is 0 Å². The molecule has 0 radical (unpaired) electrons. The Hall–Kier alpha value is -2.21. The van der Waals surface area contributed by atoms with E-state index in [2.05, 4.69) is 14.9 Å². The molecule has 0 spiro atoms. The Balaban J connectivity index is 2.02. The van der Waals surface area contributed by atoms with E-state index >= 15 is 0 Å². The maximum atomic E-state index is 14.2. The maximum absolute atomic E-state index is 14.2. The monoisotopic (exact) mass is 276 g/mol. The zero-order chi connectivity index (χ0) is 14.1. The number of rotatable bonds is 2. The van der Waals surface area contributed by atoms with Gasteiger partial charge in [-0.2, -0.15) is 5.10 Å². The van der Waals surface area contributed by atoms with Crippen LogP contribution in [0.15, 0.2) is 18.2 Å². The van der Waals surface area contributed by atoms with E-state index in [1.54, 1.807) is 6.07 Å². The van der Waals surface area contributed by atoms with E-state index in [1.165, 1.54) is 19.2 Å². The van der Waals surface area contributed by atoms with Crippen molar-refractivity contribution < 1.29 is 18.7 Å². The SMILES string of the molecule is COC(=O)c1ccc(-c2n[nH]c3c2CCOC3)c(F)c1. The van der Waals surface area contributed by atoms with Crippen molar-refractivity contribution in [2.45, 2.75) is 13.0 Å². The molecule has 1 aromatic carbocycles. The van der Waals surface area contributed by atoms with Gasteiger partial charge >= 0.3 is 5.97 Å². The minimum Gasteiger partial charge on any atom is -0.465 e. The lowest BCUT2D eigenvalue weighted by atomic mass is 10.0. The molecule has 0 aliphatic carbocycles. The smallest absolute Gasteiger partial charge is 0.337 e. The van der Waals surface area contributed by atoms with E-state index in [0.717, 1.165) is 11.3 Å². The standard InChI is InChI=1S/C14H13FN2O3/c1-19-14(18)8-2-3-9(11(15)6-8)13-10-4-5-20-7-12(10)16-17-13/h2-3,6H,4-5,7H2,1H3,(H,16,17). The van der Waals surface area contributed by atoms with Gasteiger partial charge in [-0.05, 0) is 24.6 Å².